The third-order valence-electron chi connectivity index (χ3n) is 4.57. The van der Waals surface area contributed by atoms with Crippen LogP contribution in [-0.4, -0.2) is 26.0 Å². The Morgan fingerprint density at radius 3 is 2.37 bits per heavy atom. The van der Waals surface area contributed by atoms with Crippen LogP contribution in [0.15, 0.2) is 54.6 Å². The lowest BCUT2D eigenvalue weighted by Gasteiger charge is -2.19. The number of hydrogen-bond acceptors (Lipinski definition) is 4. The summed E-state index contributed by atoms with van der Waals surface area (Å²) >= 11 is 0. The molecule has 1 atom stereocenters. The highest BCUT2D eigenvalue weighted by atomic mass is 32.2. The van der Waals surface area contributed by atoms with Crippen LogP contribution in [0.4, 0.5) is 5.69 Å². The number of hydrogen-bond donors (Lipinski definition) is 1. The number of rotatable bonds is 4. The standard InChI is InChI=1S/C20H22N2O4S/c1-14(15-8-5-4-6-9-15)21-18(23)16-10-7-11-17(12-16)22-19(24)20(2,3)13-27(22,25)26/h4-12,14H,13H2,1-3H3,(H,21,23)/t14-/m0/s1. The van der Waals surface area contributed by atoms with Gasteiger partial charge < -0.3 is 5.32 Å². The fourth-order valence-corrected chi connectivity index (χ4v) is 5.24. The Morgan fingerprint density at radius 1 is 1.11 bits per heavy atom. The van der Waals surface area contributed by atoms with Gasteiger partial charge in [-0.3, -0.25) is 9.59 Å². The average Bonchev–Trinajstić information content (AvgIpc) is 2.78. The van der Waals surface area contributed by atoms with Crippen LogP contribution < -0.4 is 9.62 Å². The van der Waals surface area contributed by atoms with E-state index in [9.17, 15) is 18.0 Å². The molecule has 1 aliphatic rings. The fourth-order valence-electron chi connectivity index (χ4n) is 3.14. The number of amides is 2. The van der Waals surface area contributed by atoms with Crippen molar-refractivity contribution in [1.29, 1.82) is 0 Å². The van der Waals surface area contributed by atoms with E-state index in [4.69, 9.17) is 0 Å². The maximum atomic E-state index is 12.6. The quantitative estimate of drug-likeness (QED) is 0.876. The first kappa shape index (κ1) is 19.1. The number of benzene rings is 2. The molecule has 27 heavy (non-hydrogen) atoms. The number of nitrogens with one attached hydrogen (secondary N) is 1. The number of sulfonamides is 1. The molecule has 2 aromatic rings. The Labute approximate surface area is 159 Å². The molecule has 1 heterocycles. The van der Waals surface area contributed by atoms with Gasteiger partial charge in [-0.25, -0.2) is 12.7 Å². The zero-order chi connectivity index (χ0) is 19.8. The van der Waals surface area contributed by atoms with E-state index in [1.807, 2.05) is 37.3 Å². The summed E-state index contributed by atoms with van der Waals surface area (Å²) in [4.78, 5) is 25.1. The third-order valence-corrected chi connectivity index (χ3v) is 6.59. The molecule has 3 rings (SSSR count). The first-order valence-electron chi connectivity index (χ1n) is 8.65. The topological polar surface area (TPSA) is 83.6 Å². The molecule has 1 aliphatic heterocycles. The summed E-state index contributed by atoms with van der Waals surface area (Å²) < 4.78 is 25.7. The van der Waals surface area contributed by atoms with Gasteiger partial charge in [0.05, 0.1) is 22.9 Å². The fraction of sp³-hybridized carbons (Fsp3) is 0.300. The Balaban J connectivity index is 1.86. The summed E-state index contributed by atoms with van der Waals surface area (Å²) in [5, 5.41) is 2.89. The molecule has 1 fully saturated rings. The molecule has 142 valence electrons. The molecule has 2 aromatic carbocycles. The number of nitrogens with zero attached hydrogens (tertiary/aromatic N) is 1. The van der Waals surface area contributed by atoms with E-state index in [0.717, 1.165) is 9.87 Å². The van der Waals surface area contributed by atoms with Crippen LogP contribution in [0.5, 0.6) is 0 Å². The third kappa shape index (κ3) is 3.73. The van der Waals surface area contributed by atoms with Crippen LogP contribution in [0.25, 0.3) is 0 Å². The van der Waals surface area contributed by atoms with Gasteiger partial charge in [-0.05, 0) is 44.5 Å². The number of anilines is 1. The molecule has 1 saturated heterocycles. The van der Waals surface area contributed by atoms with Crippen molar-refractivity contribution < 1.29 is 18.0 Å². The Bertz CT molecular complexity index is 984. The van der Waals surface area contributed by atoms with Crippen molar-refractivity contribution in [3.63, 3.8) is 0 Å². The molecule has 7 heteroatoms. The second-order valence-electron chi connectivity index (χ2n) is 7.37. The smallest absolute Gasteiger partial charge is 0.251 e. The normalized spacial score (nSPS) is 18.9. The van der Waals surface area contributed by atoms with Gasteiger partial charge in [0.2, 0.25) is 15.9 Å². The maximum Gasteiger partial charge on any atom is 0.251 e. The van der Waals surface area contributed by atoms with E-state index in [2.05, 4.69) is 5.32 Å². The van der Waals surface area contributed by atoms with Crippen molar-refractivity contribution in [1.82, 2.24) is 5.32 Å². The lowest BCUT2D eigenvalue weighted by molar-refractivity contribution is -0.123. The average molecular weight is 386 g/mol. The summed E-state index contributed by atoms with van der Waals surface area (Å²) in [5.74, 6) is -1.07. The van der Waals surface area contributed by atoms with Gasteiger partial charge in [-0.2, -0.15) is 0 Å². The van der Waals surface area contributed by atoms with Gasteiger partial charge in [-0.1, -0.05) is 36.4 Å². The first-order chi connectivity index (χ1) is 12.6. The maximum absolute atomic E-state index is 12.6. The molecule has 0 aliphatic carbocycles. The van der Waals surface area contributed by atoms with Crippen molar-refractivity contribution in [2.75, 3.05) is 10.1 Å². The van der Waals surface area contributed by atoms with Crippen LogP contribution in [0, 0.1) is 5.41 Å². The van der Waals surface area contributed by atoms with E-state index in [1.165, 1.54) is 12.1 Å². The van der Waals surface area contributed by atoms with Crippen molar-refractivity contribution in [3.8, 4) is 0 Å². The highest BCUT2D eigenvalue weighted by Crippen LogP contribution is 2.35. The second-order valence-corrected chi connectivity index (χ2v) is 9.18. The van der Waals surface area contributed by atoms with Gasteiger partial charge >= 0.3 is 0 Å². The molecule has 0 aromatic heterocycles. The van der Waals surface area contributed by atoms with E-state index < -0.39 is 21.3 Å². The van der Waals surface area contributed by atoms with E-state index in [-0.39, 0.29) is 23.4 Å². The predicted octanol–water partition coefficient (Wildman–Crippen LogP) is 2.88. The van der Waals surface area contributed by atoms with Crippen molar-refractivity contribution in [2.24, 2.45) is 5.41 Å². The van der Waals surface area contributed by atoms with Crippen LogP contribution in [0.1, 0.15) is 42.7 Å². The first-order valence-corrected chi connectivity index (χ1v) is 10.3. The number of carbonyl (C=O) groups excluding carboxylic acids is 2. The SMILES string of the molecule is C[C@H](NC(=O)c1cccc(N2C(=O)C(C)(C)CS2(=O)=O)c1)c1ccccc1. The zero-order valence-electron chi connectivity index (χ0n) is 15.5. The lowest BCUT2D eigenvalue weighted by atomic mass is 9.95. The highest BCUT2D eigenvalue weighted by Gasteiger charge is 2.49. The predicted molar refractivity (Wildman–Crippen MR) is 104 cm³/mol. The number of carbonyl (C=O) groups is 2. The molecule has 0 unspecified atom stereocenters. The minimum Gasteiger partial charge on any atom is -0.346 e. The van der Waals surface area contributed by atoms with Crippen LogP contribution in [0.2, 0.25) is 0 Å². The van der Waals surface area contributed by atoms with Gasteiger partial charge in [0.1, 0.15) is 0 Å². The second kappa shape index (κ2) is 6.81. The monoisotopic (exact) mass is 386 g/mol. The summed E-state index contributed by atoms with van der Waals surface area (Å²) in [5.41, 5.74) is 0.452. The van der Waals surface area contributed by atoms with E-state index in [0.29, 0.717) is 5.56 Å². The summed E-state index contributed by atoms with van der Waals surface area (Å²) in [6.07, 6.45) is 0. The minimum absolute atomic E-state index is 0.186. The molecule has 2 amide bonds. The van der Waals surface area contributed by atoms with Crippen molar-refractivity contribution in [2.45, 2.75) is 26.8 Å². The van der Waals surface area contributed by atoms with Crippen molar-refractivity contribution in [3.05, 3.63) is 65.7 Å². The van der Waals surface area contributed by atoms with Crippen LogP contribution in [0.3, 0.4) is 0 Å². The van der Waals surface area contributed by atoms with Gasteiger partial charge in [0.25, 0.3) is 5.91 Å². The van der Waals surface area contributed by atoms with Crippen molar-refractivity contribution >= 4 is 27.5 Å². The van der Waals surface area contributed by atoms with Crippen LogP contribution in [-0.2, 0) is 14.8 Å². The summed E-state index contributed by atoms with van der Waals surface area (Å²) in [6.45, 7) is 5.07. The van der Waals surface area contributed by atoms with Crippen LogP contribution >= 0.6 is 0 Å². The molecule has 0 radical (unpaired) electrons. The minimum atomic E-state index is -3.75. The molecular formula is C20H22N2O4S. The van der Waals surface area contributed by atoms with E-state index in [1.54, 1.807) is 26.0 Å². The molecule has 6 nitrogen and oxygen atoms in total. The Hall–Kier alpha value is -2.67. The Kier molecular flexibility index (Phi) is 4.82. The van der Waals surface area contributed by atoms with Gasteiger partial charge in [0.15, 0.2) is 0 Å². The van der Waals surface area contributed by atoms with Gasteiger partial charge in [0, 0.05) is 5.56 Å². The summed E-state index contributed by atoms with van der Waals surface area (Å²) in [7, 11) is -3.75. The molecular weight excluding hydrogens is 364 g/mol. The molecule has 0 saturated carbocycles. The van der Waals surface area contributed by atoms with Gasteiger partial charge in [-0.15, -0.1) is 0 Å². The lowest BCUT2D eigenvalue weighted by Crippen LogP contribution is -2.33. The molecule has 1 N–H and O–H groups in total. The molecule has 0 bridgehead atoms. The van der Waals surface area contributed by atoms with E-state index >= 15 is 0 Å². The zero-order valence-corrected chi connectivity index (χ0v) is 16.3. The Morgan fingerprint density at radius 2 is 1.78 bits per heavy atom. The summed E-state index contributed by atoms with van der Waals surface area (Å²) in [6, 6.07) is 15.4. The largest absolute Gasteiger partial charge is 0.346 e. The highest BCUT2D eigenvalue weighted by molar-refractivity contribution is 7.94. The molecule has 0 spiro atoms.